The number of carboxylic acid groups (broad SMARTS) is 1. The number of hydrogen-bond acceptors (Lipinski definition) is 5. The molecule has 3 aromatic rings. The lowest BCUT2D eigenvalue weighted by Crippen LogP contribution is -1.95. The van der Waals surface area contributed by atoms with E-state index < -0.39 is 5.97 Å². The normalized spacial score (nSPS) is 10.9. The van der Waals surface area contributed by atoms with E-state index in [4.69, 9.17) is 14.0 Å². The summed E-state index contributed by atoms with van der Waals surface area (Å²) in [6.45, 7) is 0. The van der Waals surface area contributed by atoms with Gasteiger partial charge in [-0.25, -0.2) is 4.79 Å². The monoisotopic (exact) mass is 245 g/mol. The van der Waals surface area contributed by atoms with Crippen molar-refractivity contribution in [2.75, 3.05) is 0 Å². The first kappa shape index (κ1) is 10.4. The summed E-state index contributed by atoms with van der Waals surface area (Å²) in [6, 6.07) is 6.17. The summed E-state index contributed by atoms with van der Waals surface area (Å²) in [5, 5.41) is 22.4. The molecular formula is C12H7NO5. The number of phenolic OH excluding ortho intramolecular Hbond substituents is 1. The van der Waals surface area contributed by atoms with Crippen LogP contribution in [0.3, 0.4) is 0 Å². The van der Waals surface area contributed by atoms with Crippen molar-refractivity contribution in [3.05, 3.63) is 36.0 Å². The smallest absolute Gasteiger partial charge is 0.341 e. The maximum atomic E-state index is 10.9. The molecule has 0 radical (unpaired) electrons. The minimum Gasteiger partial charge on any atom is -0.508 e. The van der Waals surface area contributed by atoms with Crippen molar-refractivity contribution in [1.29, 1.82) is 0 Å². The van der Waals surface area contributed by atoms with E-state index in [2.05, 4.69) is 5.16 Å². The van der Waals surface area contributed by atoms with Crippen LogP contribution in [0.25, 0.3) is 22.5 Å². The lowest BCUT2D eigenvalue weighted by atomic mass is 10.2. The van der Waals surface area contributed by atoms with E-state index in [9.17, 15) is 9.90 Å². The van der Waals surface area contributed by atoms with E-state index in [1.807, 2.05) is 0 Å². The number of carbonyl (C=O) groups is 1. The molecule has 0 aliphatic rings. The Morgan fingerprint density at radius 1 is 1.28 bits per heavy atom. The lowest BCUT2D eigenvalue weighted by molar-refractivity contribution is 0.0697. The summed E-state index contributed by atoms with van der Waals surface area (Å²) < 4.78 is 10.3. The predicted molar refractivity (Wildman–Crippen MR) is 60.3 cm³/mol. The minimum atomic E-state index is -1.14. The van der Waals surface area contributed by atoms with E-state index in [-0.39, 0.29) is 22.8 Å². The number of carboxylic acids is 1. The summed E-state index contributed by atoms with van der Waals surface area (Å²) >= 11 is 0. The van der Waals surface area contributed by atoms with Crippen LogP contribution in [0, 0.1) is 0 Å². The molecule has 2 N–H and O–H groups in total. The molecule has 0 saturated heterocycles. The zero-order chi connectivity index (χ0) is 12.7. The highest BCUT2D eigenvalue weighted by molar-refractivity contribution is 5.94. The molecule has 0 atom stereocenters. The number of nitrogens with zero attached hydrogens (tertiary/aromatic N) is 1. The van der Waals surface area contributed by atoms with Crippen LogP contribution in [-0.4, -0.2) is 21.3 Å². The van der Waals surface area contributed by atoms with Crippen molar-refractivity contribution in [1.82, 2.24) is 5.16 Å². The molecule has 18 heavy (non-hydrogen) atoms. The molecule has 3 rings (SSSR count). The van der Waals surface area contributed by atoms with Gasteiger partial charge in [0.15, 0.2) is 5.76 Å². The molecule has 0 spiro atoms. The summed E-state index contributed by atoms with van der Waals surface area (Å²) in [4.78, 5) is 10.9. The third-order valence-electron chi connectivity index (χ3n) is 2.52. The van der Waals surface area contributed by atoms with Gasteiger partial charge in [0.05, 0.1) is 6.20 Å². The van der Waals surface area contributed by atoms with Crippen LogP contribution in [0.2, 0.25) is 0 Å². The second-order valence-corrected chi connectivity index (χ2v) is 3.71. The molecule has 90 valence electrons. The average molecular weight is 245 g/mol. The van der Waals surface area contributed by atoms with Crippen LogP contribution >= 0.6 is 0 Å². The molecule has 0 amide bonds. The highest BCUT2D eigenvalue weighted by Gasteiger charge is 2.20. The number of hydrogen-bond donors (Lipinski definition) is 2. The first-order chi connectivity index (χ1) is 8.65. The summed E-state index contributed by atoms with van der Waals surface area (Å²) in [5.41, 5.74) is 0.453. The zero-order valence-corrected chi connectivity index (χ0v) is 8.95. The Bertz CT molecular complexity index is 740. The molecule has 1 aromatic carbocycles. The van der Waals surface area contributed by atoms with Gasteiger partial charge in [0.2, 0.25) is 5.76 Å². The largest absolute Gasteiger partial charge is 0.508 e. The van der Waals surface area contributed by atoms with Gasteiger partial charge in [-0.2, -0.15) is 0 Å². The van der Waals surface area contributed by atoms with Gasteiger partial charge in [0.1, 0.15) is 16.9 Å². The second kappa shape index (κ2) is 3.63. The molecule has 0 fully saturated rings. The molecule has 6 nitrogen and oxygen atoms in total. The Morgan fingerprint density at radius 2 is 2.11 bits per heavy atom. The van der Waals surface area contributed by atoms with E-state index in [1.165, 1.54) is 12.1 Å². The second-order valence-electron chi connectivity index (χ2n) is 3.71. The molecule has 2 aromatic heterocycles. The number of aromatic nitrogens is 1. The highest BCUT2D eigenvalue weighted by Crippen LogP contribution is 2.31. The fraction of sp³-hybridized carbons (Fsp3) is 0. The molecular weight excluding hydrogens is 238 g/mol. The van der Waals surface area contributed by atoms with Gasteiger partial charge < -0.3 is 19.2 Å². The third kappa shape index (κ3) is 1.51. The number of furan rings is 1. The van der Waals surface area contributed by atoms with Gasteiger partial charge in [-0.3, -0.25) is 0 Å². The summed E-state index contributed by atoms with van der Waals surface area (Å²) in [7, 11) is 0. The Balaban J connectivity index is 2.19. The van der Waals surface area contributed by atoms with Crippen LogP contribution in [0.1, 0.15) is 10.4 Å². The predicted octanol–water partition coefficient (Wildman–Crippen LogP) is 2.49. The molecule has 0 aliphatic heterocycles. The van der Waals surface area contributed by atoms with Crippen LogP contribution in [0.4, 0.5) is 0 Å². The van der Waals surface area contributed by atoms with Gasteiger partial charge in [0.25, 0.3) is 0 Å². The van der Waals surface area contributed by atoms with Crippen molar-refractivity contribution in [3.8, 4) is 17.3 Å². The Morgan fingerprint density at radius 3 is 2.89 bits per heavy atom. The maximum absolute atomic E-state index is 10.9. The number of benzene rings is 1. The Hall–Kier alpha value is -2.76. The van der Waals surface area contributed by atoms with Crippen LogP contribution < -0.4 is 0 Å². The van der Waals surface area contributed by atoms with E-state index in [1.54, 1.807) is 12.1 Å². The summed E-state index contributed by atoms with van der Waals surface area (Å²) in [5.74, 6) is -0.732. The lowest BCUT2D eigenvalue weighted by Gasteiger charge is -1.91. The number of aromatic carboxylic acids is 1. The van der Waals surface area contributed by atoms with Crippen molar-refractivity contribution in [2.45, 2.75) is 0 Å². The van der Waals surface area contributed by atoms with Crippen molar-refractivity contribution < 1.29 is 23.9 Å². The van der Waals surface area contributed by atoms with Gasteiger partial charge in [0, 0.05) is 5.39 Å². The van der Waals surface area contributed by atoms with Crippen LogP contribution in [0.5, 0.6) is 5.75 Å². The van der Waals surface area contributed by atoms with Crippen LogP contribution in [0.15, 0.2) is 39.4 Å². The van der Waals surface area contributed by atoms with Crippen molar-refractivity contribution in [3.63, 3.8) is 0 Å². The van der Waals surface area contributed by atoms with Crippen LogP contribution in [-0.2, 0) is 0 Å². The number of rotatable bonds is 2. The van der Waals surface area contributed by atoms with Gasteiger partial charge in [-0.05, 0) is 24.3 Å². The highest BCUT2D eigenvalue weighted by atomic mass is 16.5. The fourth-order valence-electron chi connectivity index (χ4n) is 1.71. The molecule has 0 saturated carbocycles. The quantitative estimate of drug-likeness (QED) is 0.719. The fourth-order valence-corrected chi connectivity index (χ4v) is 1.71. The minimum absolute atomic E-state index is 0.0539. The number of phenols is 1. The first-order valence-electron chi connectivity index (χ1n) is 5.06. The summed E-state index contributed by atoms with van der Waals surface area (Å²) in [6.07, 6.45) is 1.11. The van der Waals surface area contributed by atoms with Crippen molar-refractivity contribution in [2.24, 2.45) is 0 Å². The third-order valence-corrected chi connectivity index (χ3v) is 2.52. The Kier molecular flexibility index (Phi) is 2.09. The Labute approximate surface area is 100 Å². The zero-order valence-electron chi connectivity index (χ0n) is 8.95. The topological polar surface area (TPSA) is 96.7 Å². The van der Waals surface area contributed by atoms with E-state index >= 15 is 0 Å². The van der Waals surface area contributed by atoms with E-state index in [0.29, 0.717) is 11.0 Å². The molecule has 0 unspecified atom stereocenters. The first-order valence-corrected chi connectivity index (χ1v) is 5.06. The van der Waals surface area contributed by atoms with Crippen molar-refractivity contribution >= 4 is 16.9 Å². The molecule has 2 heterocycles. The molecule has 0 aliphatic carbocycles. The number of aromatic hydroxyl groups is 1. The van der Waals surface area contributed by atoms with E-state index in [0.717, 1.165) is 6.20 Å². The average Bonchev–Trinajstić information content (AvgIpc) is 2.93. The maximum Gasteiger partial charge on any atom is 0.341 e. The number of fused-ring (bicyclic) bond motifs is 1. The molecule has 6 heteroatoms. The SMILES string of the molecule is O=C(O)c1cnoc1-c1cc2cc(O)ccc2o1. The standard InChI is InChI=1S/C12H7NO5/c14-7-1-2-9-6(3-7)4-10(17-9)11-8(12(15)16)5-13-18-11/h1-5,14H,(H,15,16). The van der Waals surface area contributed by atoms with Gasteiger partial charge in [-0.15, -0.1) is 0 Å². The van der Waals surface area contributed by atoms with Gasteiger partial charge in [-0.1, -0.05) is 5.16 Å². The van der Waals surface area contributed by atoms with Gasteiger partial charge >= 0.3 is 5.97 Å². The molecule has 0 bridgehead atoms.